The molecule has 1 amide bonds. The molecule has 3 aliphatic carbocycles. The predicted molar refractivity (Wildman–Crippen MR) is 152 cm³/mol. The van der Waals surface area contributed by atoms with Crippen LogP contribution in [0.2, 0.25) is 5.02 Å². The molecule has 0 saturated heterocycles. The summed E-state index contributed by atoms with van der Waals surface area (Å²) < 4.78 is 6.01. The van der Waals surface area contributed by atoms with Crippen molar-refractivity contribution >= 4 is 23.5 Å². The predicted octanol–water partition coefficient (Wildman–Crippen LogP) is 6.10. The molecular weight excluding hydrogens is 512 g/mol. The highest BCUT2D eigenvalue weighted by Crippen LogP contribution is 2.42. The van der Waals surface area contributed by atoms with Gasteiger partial charge in [-0.2, -0.15) is 0 Å². The monoisotopic (exact) mass is 552 g/mol. The molecule has 39 heavy (non-hydrogen) atoms. The van der Waals surface area contributed by atoms with Gasteiger partial charge in [-0.3, -0.25) is 9.78 Å². The molecule has 1 atom stereocenters. The van der Waals surface area contributed by atoms with Gasteiger partial charge in [-0.25, -0.2) is 4.79 Å². The number of carbonyl (C=O) groups is 2. The zero-order valence-electron chi connectivity index (χ0n) is 22.8. The van der Waals surface area contributed by atoms with Crippen LogP contribution in [0.5, 0.6) is 0 Å². The van der Waals surface area contributed by atoms with Crippen molar-refractivity contribution in [1.29, 1.82) is 0 Å². The summed E-state index contributed by atoms with van der Waals surface area (Å²) >= 11 is 6.16. The van der Waals surface area contributed by atoms with Crippen molar-refractivity contribution in [2.24, 2.45) is 11.3 Å². The minimum absolute atomic E-state index is 0.160. The van der Waals surface area contributed by atoms with E-state index in [0.29, 0.717) is 24.0 Å². The summed E-state index contributed by atoms with van der Waals surface area (Å²) in [7, 11) is 0. The lowest BCUT2D eigenvalue weighted by molar-refractivity contribution is -0.145. The summed E-state index contributed by atoms with van der Waals surface area (Å²) in [5.74, 6) is -0.532. The number of halogens is 1. The number of nitrogens with one attached hydrogen (secondary N) is 1. The molecule has 5 rings (SSSR count). The Labute approximate surface area is 236 Å². The van der Waals surface area contributed by atoms with E-state index >= 15 is 0 Å². The van der Waals surface area contributed by atoms with E-state index in [-0.39, 0.29) is 18.4 Å². The molecule has 1 unspecified atom stereocenters. The van der Waals surface area contributed by atoms with E-state index in [9.17, 15) is 14.7 Å². The van der Waals surface area contributed by atoms with Crippen LogP contribution in [0.25, 0.3) is 0 Å². The summed E-state index contributed by atoms with van der Waals surface area (Å²) in [6, 6.07) is 11.1. The quantitative estimate of drug-likeness (QED) is 0.332. The fourth-order valence-corrected chi connectivity index (χ4v) is 6.87. The Bertz CT molecular complexity index is 1160. The standard InChI is InChI=1S/C32H41ClN2O4/c33-25-8-5-6-23(18-25)21-32(15-3-4-16-32)31(38)35-29(30(36)37)14-17-39-27-19-22(20-27)10-12-26-13-11-24-7-1-2-9-28(24)34-26/h5-6,8,11,13,18,22,27,29H,1-4,7,9-10,12,14-17,19-21H2,(H,35,38)(H,36,37). The third-order valence-electron chi connectivity index (χ3n) is 9.07. The number of fused-ring (bicyclic) bond motifs is 1. The first kappa shape index (κ1) is 28.1. The lowest BCUT2D eigenvalue weighted by Gasteiger charge is -2.35. The van der Waals surface area contributed by atoms with Crippen molar-refractivity contribution < 1.29 is 19.4 Å². The van der Waals surface area contributed by atoms with Crippen LogP contribution in [-0.4, -0.2) is 40.7 Å². The summed E-state index contributed by atoms with van der Waals surface area (Å²) in [6.07, 6.45) is 13.5. The van der Waals surface area contributed by atoms with Gasteiger partial charge < -0.3 is 15.2 Å². The van der Waals surface area contributed by atoms with Gasteiger partial charge in [0.15, 0.2) is 0 Å². The molecule has 0 bridgehead atoms. The second-order valence-corrected chi connectivity index (χ2v) is 12.4. The van der Waals surface area contributed by atoms with E-state index in [0.717, 1.165) is 63.4 Å². The third-order valence-corrected chi connectivity index (χ3v) is 9.31. The van der Waals surface area contributed by atoms with Crippen LogP contribution < -0.4 is 5.32 Å². The second-order valence-electron chi connectivity index (χ2n) is 11.9. The van der Waals surface area contributed by atoms with Gasteiger partial charge in [0.25, 0.3) is 0 Å². The molecule has 210 valence electrons. The SMILES string of the molecule is O=C(O)C(CCOC1CC(CCc2ccc3c(n2)CCCC3)C1)NC(=O)C1(Cc2cccc(Cl)c2)CCCC1. The average molecular weight is 553 g/mol. The van der Waals surface area contributed by atoms with Gasteiger partial charge in [0, 0.05) is 29.4 Å². The normalized spacial score (nSPS) is 22.5. The summed E-state index contributed by atoms with van der Waals surface area (Å²) in [4.78, 5) is 30.3. The van der Waals surface area contributed by atoms with Gasteiger partial charge in [-0.05, 0) is 106 Å². The maximum absolute atomic E-state index is 13.4. The van der Waals surface area contributed by atoms with Crippen LogP contribution in [-0.2, 0) is 40.0 Å². The number of aromatic nitrogens is 1. The number of benzene rings is 1. The molecule has 0 aliphatic heterocycles. The van der Waals surface area contributed by atoms with Gasteiger partial charge in [0.05, 0.1) is 11.5 Å². The molecule has 2 fully saturated rings. The van der Waals surface area contributed by atoms with Crippen molar-refractivity contribution in [2.75, 3.05) is 6.61 Å². The average Bonchev–Trinajstić information content (AvgIpc) is 3.38. The van der Waals surface area contributed by atoms with Crippen molar-refractivity contribution in [3.63, 3.8) is 0 Å². The highest BCUT2D eigenvalue weighted by molar-refractivity contribution is 6.30. The number of carbonyl (C=O) groups excluding carboxylic acids is 1. The minimum atomic E-state index is -1.01. The first-order valence-electron chi connectivity index (χ1n) is 14.8. The van der Waals surface area contributed by atoms with E-state index in [1.165, 1.54) is 36.2 Å². The van der Waals surface area contributed by atoms with Crippen molar-refractivity contribution in [3.8, 4) is 0 Å². The van der Waals surface area contributed by atoms with Crippen molar-refractivity contribution in [1.82, 2.24) is 10.3 Å². The Morgan fingerprint density at radius 3 is 2.67 bits per heavy atom. The van der Waals surface area contributed by atoms with E-state index < -0.39 is 17.4 Å². The summed E-state index contributed by atoms with van der Waals surface area (Å²) in [5, 5.41) is 13.3. The van der Waals surface area contributed by atoms with E-state index in [2.05, 4.69) is 17.4 Å². The summed E-state index contributed by atoms with van der Waals surface area (Å²) in [5.41, 5.74) is 4.37. The Morgan fingerprint density at radius 2 is 1.90 bits per heavy atom. The molecular formula is C32H41ClN2O4. The van der Waals surface area contributed by atoms with Gasteiger partial charge in [-0.1, -0.05) is 42.6 Å². The number of aryl methyl sites for hydroxylation is 3. The number of rotatable bonds is 12. The van der Waals surface area contributed by atoms with Gasteiger partial charge in [0.1, 0.15) is 6.04 Å². The molecule has 6 nitrogen and oxygen atoms in total. The van der Waals surface area contributed by atoms with Crippen LogP contribution in [0.15, 0.2) is 36.4 Å². The molecule has 1 aromatic heterocycles. The van der Waals surface area contributed by atoms with E-state index in [1.54, 1.807) is 0 Å². The maximum atomic E-state index is 13.4. The number of hydrogen-bond acceptors (Lipinski definition) is 4. The maximum Gasteiger partial charge on any atom is 0.326 e. The number of amides is 1. The van der Waals surface area contributed by atoms with Crippen molar-refractivity contribution in [3.05, 3.63) is 63.9 Å². The smallest absolute Gasteiger partial charge is 0.326 e. The van der Waals surface area contributed by atoms with Crippen LogP contribution >= 0.6 is 11.6 Å². The molecule has 3 aliphatic rings. The molecule has 2 aromatic rings. The molecule has 1 aromatic carbocycles. The topological polar surface area (TPSA) is 88.5 Å². The number of ether oxygens (including phenoxy) is 1. The zero-order chi connectivity index (χ0) is 27.2. The zero-order valence-corrected chi connectivity index (χ0v) is 23.6. The van der Waals surface area contributed by atoms with E-state index in [1.807, 2.05) is 24.3 Å². The largest absolute Gasteiger partial charge is 0.480 e. The minimum Gasteiger partial charge on any atom is -0.480 e. The fourth-order valence-electron chi connectivity index (χ4n) is 6.66. The third kappa shape index (κ3) is 7.20. The number of hydrogen-bond donors (Lipinski definition) is 2. The Morgan fingerprint density at radius 1 is 1.10 bits per heavy atom. The molecule has 1 heterocycles. The lowest BCUT2D eigenvalue weighted by Crippen LogP contribution is -2.49. The Kier molecular flexibility index (Phi) is 9.24. The van der Waals surface area contributed by atoms with Gasteiger partial charge >= 0.3 is 5.97 Å². The Hall–Kier alpha value is -2.44. The first-order chi connectivity index (χ1) is 18.9. The van der Waals surface area contributed by atoms with E-state index in [4.69, 9.17) is 21.3 Å². The first-order valence-corrected chi connectivity index (χ1v) is 15.2. The number of carboxylic acids is 1. The highest BCUT2D eigenvalue weighted by Gasteiger charge is 2.42. The highest BCUT2D eigenvalue weighted by atomic mass is 35.5. The lowest BCUT2D eigenvalue weighted by atomic mass is 9.78. The molecule has 0 radical (unpaired) electrons. The molecule has 2 N–H and O–H groups in total. The molecule has 0 spiro atoms. The fraction of sp³-hybridized carbons (Fsp3) is 0.594. The molecule has 2 saturated carbocycles. The van der Waals surface area contributed by atoms with Crippen LogP contribution in [0.4, 0.5) is 0 Å². The molecule has 7 heteroatoms. The van der Waals surface area contributed by atoms with Crippen molar-refractivity contribution in [2.45, 2.75) is 102 Å². The summed E-state index contributed by atoms with van der Waals surface area (Å²) in [6.45, 7) is 0.336. The number of nitrogens with zero attached hydrogens (tertiary/aromatic N) is 1. The van der Waals surface area contributed by atoms with Gasteiger partial charge in [0.2, 0.25) is 5.91 Å². The van der Waals surface area contributed by atoms with Crippen LogP contribution in [0.3, 0.4) is 0 Å². The second kappa shape index (κ2) is 12.8. The van der Waals surface area contributed by atoms with Crippen LogP contribution in [0, 0.1) is 11.3 Å². The Balaban J connectivity index is 1.04. The number of aliphatic carboxylic acids is 1. The number of pyridine rings is 1. The van der Waals surface area contributed by atoms with Crippen LogP contribution in [0.1, 0.15) is 86.7 Å². The van der Waals surface area contributed by atoms with Gasteiger partial charge in [-0.15, -0.1) is 0 Å². The number of carboxylic acid groups (broad SMARTS) is 1.